The van der Waals surface area contributed by atoms with E-state index in [9.17, 15) is 14.4 Å². The van der Waals surface area contributed by atoms with Gasteiger partial charge in [0.15, 0.2) is 29.6 Å². The van der Waals surface area contributed by atoms with E-state index in [1.807, 2.05) is 0 Å². The molecule has 2 heterocycles. The number of halogens is 3. The molecule has 3 aromatic rings. The number of hydrogen-bond donors (Lipinski definition) is 1. The highest BCUT2D eigenvalue weighted by atomic mass is 35.5. The molecule has 3 amide bonds. The van der Waals surface area contributed by atoms with E-state index >= 15 is 0 Å². The number of methoxy groups -OCH3 is 1. The van der Waals surface area contributed by atoms with Crippen molar-refractivity contribution in [3.8, 4) is 23.0 Å². The molecule has 3 aromatic carbocycles. The Morgan fingerprint density at radius 3 is 2.55 bits per heavy atom. The molecule has 0 saturated carbocycles. The summed E-state index contributed by atoms with van der Waals surface area (Å²) >= 11 is 19.6. The van der Waals surface area contributed by atoms with Crippen LogP contribution in [0.3, 0.4) is 0 Å². The molecule has 1 N–H and O–H groups in total. The Morgan fingerprint density at radius 2 is 1.80 bits per heavy atom. The number of benzene rings is 3. The van der Waals surface area contributed by atoms with Gasteiger partial charge in [-0.2, -0.15) is 0 Å². The molecule has 0 aliphatic carbocycles. The van der Waals surface area contributed by atoms with Crippen molar-refractivity contribution in [2.75, 3.05) is 25.8 Å². The van der Waals surface area contributed by atoms with Crippen molar-refractivity contribution >= 4 is 75.4 Å². The Hall–Kier alpha value is -3.57. The molecule has 1 saturated heterocycles. The van der Waals surface area contributed by atoms with Crippen molar-refractivity contribution in [1.82, 2.24) is 4.90 Å². The van der Waals surface area contributed by atoms with Gasteiger partial charge in [-0.1, -0.05) is 46.9 Å². The second-order valence-electron chi connectivity index (χ2n) is 8.42. The van der Waals surface area contributed by atoms with Gasteiger partial charge in [0.2, 0.25) is 6.79 Å². The number of thioether (sulfide) groups is 1. The van der Waals surface area contributed by atoms with Crippen molar-refractivity contribution in [3.05, 3.63) is 79.6 Å². The first-order valence-corrected chi connectivity index (χ1v) is 13.6. The molecular weight excluding hydrogens is 603 g/mol. The first kappa shape index (κ1) is 28.0. The third-order valence-electron chi connectivity index (χ3n) is 5.79. The van der Waals surface area contributed by atoms with E-state index in [2.05, 4.69) is 5.32 Å². The first-order chi connectivity index (χ1) is 19.2. The number of carbonyl (C=O) groups is 3. The summed E-state index contributed by atoms with van der Waals surface area (Å²) in [5.41, 5.74) is 1.47. The smallest absolute Gasteiger partial charge is 0.293 e. The van der Waals surface area contributed by atoms with Gasteiger partial charge in [-0.05, 0) is 59.3 Å². The van der Waals surface area contributed by atoms with Crippen LogP contribution in [0.1, 0.15) is 11.1 Å². The molecule has 5 rings (SSSR count). The molecule has 0 atom stereocenters. The summed E-state index contributed by atoms with van der Waals surface area (Å²) in [6.45, 7) is -0.322. The summed E-state index contributed by atoms with van der Waals surface area (Å²) in [4.78, 5) is 39.4. The third-order valence-corrected chi connectivity index (χ3v) is 7.66. The van der Waals surface area contributed by atoms with Crippen molar-refractivity contribution in [1.29, 1.82) is 0 Å². The Bertz CT molecular complexity index is 1560. The van der Waals surface area contributed by atoms with E-state index in [4.69, 9.17) is 53.8 Å². The van der Waals surface area contributed by atoms with Crippen LogP contribution in [-0.4, -0.2) is 42.5 Å². The van der Waals surface area contributed by atoms with Gasteiger partial charge in [0, 0.05) is 11.1 Å². The summed E-state index contributed by atoms with van der Waals surface area (Å²) in [6, 6.07) is 13.1. The molecule has 2 aliphatic rings. The maximum Gasteiger partial charge on any atom is 0.293 e. The number of hydrogen-bond acceptors (Lipinski definition) is 8. The average molecular weight is 622 g/mol. The van der Waals surface area contributed by atoms with Crippen LogP contribution in [-0.2, 0) is 16.1 Å². The molecule has 0 aromatic heterocycles. The summed E-state index contributed by atoms with van der Waals surface area (Å²) in [5, 5.41) is 3.08. The lowest BCUT2D eigenvalue weighted by molar-refractivity contribution is -0.123. The zero-order valence-electron chi connectivity index (χ0n) is 20.7. The van der Waals surface area contributed by atoms with E-state index < -0.39 is 17.1 Å². The fourth-order valence-electron chi connectivity index (χ4n) is 3.89. The van der Waals surface area contributed by atoms with E-state index in [1.165, 1.54) is 19.3 Å². The zero-order valence-corrected chi connectivity index (χ0v) is 23.7. The number of amides is 3. The normalized spacial score (nSPS) is 15.1. The standard InChI is InChI=1S/C27H19Cl3N2O7S/c1-36-22-7-14(6-18(30)25(22)37-12-24(33)31-19-5-3-2-4-16(19)28)8-23-26(34)32(27(35)40-23)11-15-9-20-21(10-17(15)29)39-13-38-20/h2-10H,11-13H2,1H3,(H,31,33)/b23-8-. The van der Waals surface area contributed by atoms with Gasteiger partial charge in [-0.3, -0.25) is 19.3 Å². The minimum absolute atomic E-state index is 0.0371. The number of carbonyl (C=O) groups excluding carboxylic acids is 3. The van der Waals surface area contributed by atoms with Crippen molar-refractivity contribution in [3.63, 3.8) is 0 Å². The second-order valence-corrected chi connectivity index (χ2v) is 10.6. The molecule has 9 nitrogen and oxygen atoms in total. The maximum absolute atomic E-state index is 13.1. The molecule has 0 bridgehead atoms. The number of fused-ring (bicyclic) bond motifs is 1. The van der Waals surface area contributed by atoms with Gasteiger partial charge >= 0.3 is 0 Å². The lowest BCUT2D eigenvalue weighted by Crippen LogP contribution is -2.27. The van der Waals surface area contributed by atoms with Crippen molar-refractivity contribution < 1.29 is 33.3 Å². The van der Waals surface area contributed by atoms with E-state index in [1.54, 1.807) is 42.5 Å². The number of nitrogens with zero attached hydrogens (tertiary/aromatic N) is 1. The highest BCUT2D eigenvalue weighted by Gasteiger charge is 2.36. The number of para-hydroxylation sites is 1. The summed E-state index contributed by atoms with van der Waals surface area (Å²) in [6.07, 6.45) is 1.52. The van der Waals surface area contributed by atoms with Gasteiger partial charge in [-0.25, -0.2) is 0 Å². The van der Waals surface area contributed by atoms with Crippen molar-refractivity contribution in [2.45, 2.75) is 6.54 Å². The van der Waals surface area contributed by atoms with Crippen LogP contribution in [0.25, 0.3) is 6.08 Å². The Balaban J connectivity index is 1.29. The number of rotatable bonds is 8. The number of imide groups is 1. The molecule has 1 fully saturated rings. The minimum atomic E-state index is -0.490. The topological polar surface area (TPSA) is 103 Å². The SMILES string of the molecule is COc1cc(/C=C2\SC(=O)N(Cc3cc4c(cc3Cl)OCO4)C2=O)cc(Cl)c1OCC(=O)Nc1ccccc1Cl. The van der Waals surface area contributed by atoms with Crippen molar-refractivity contribution in [2.24, 2.45) is 0 Å². The fraction of sp³-hybridized carbons (Fsp3) is 0.148. The van der Waals surface area contributed by atoms with Gasteiger partial charge in [0.05, 0.1) is 34.3 Å². The number of ether oxygens (including phenoxy) is 4. The van der Waals surface area contributed by atoms with Crippen LogP contribution in [0.5, 0.6) is 23.0 Å². The van der Waals surface area contributed by atoms with Gasteiger partial charge in [-0.15, -0.1) is 0 Å². The third kappa shape index (κ3) is 5.95. The predicted octanol–water partition coefficient (Wildman–Crippen LogP) is 6.64. The van der Waals surface area contributed by atoms with Crippen LogP contribution < -0.4 is 24.3 Å². The number of anilines is 1. The van der Waals surface area contributed by atoms with Crippen LogP contribution in [0.15, 0.2) is 53.4 Å². The van der Waals surface area contributed by atoms with Gasteiger partial charge < -0.3 is 24.3 Å². The zero-order chi connectivity index (χ0) is 28.4. The molecule has 13 heteroatoms. The molecule has 2 aliphatic heterocycles. The van der Waals surface area contributed by atoms with Gasteiger partial charge in [0.1, 0.15) is 0 Å². The minimum Gasteiger partial charge on any atom is -0.493 e. The quantitative estimate of drug-likeness (QED) is 0.279. The van der Waals surface area contributed by atoms with Crippen LogP contribution in [0.2, 0.25) is 15.1 Å². The lowest BCUT2D eigenvalue weighted by Gasteiger charge is -2.14. The maximum atomic E-state index is 13.1. The Kier molecular flexibility index (Phi) is 8.32. The fourth-order valence-corrected chi connectivity index (χ4v) is 5.40. The molecule has 0 unspecified atom stereocenters. The Labute approximate surface area is 247 Å². The van der Waals surface area contributed by atoms with Crippen LogP contribution in [0, 0.1) is 0 Å². The average Bonchev–Trinajstić information content (AvgIpc) is 3.48. The van der Waals surface area contributed by atoms with Crippen LogP contribution in [0.4, 0.5) is 10.5 Å². The monoisotopic (exact) mass is 620 g/mol. The summed E-state index contributed by atoms with van der Waals surface area (Å²) in [5.74, 6) is 0.424. The molecule has 206 valence electrons. The van der Waals surface area contributed by atoms with Gasteiger partial charge in [0.25, 0.3) is 17.1 Å². The highest BCUT2D eigenvalue weighted by molar-refractivity contribution is 8.18. The number of nitrogens with one attached hydrogen (secondary N) is 1. The molecule has 0 spiro atoms. The second kappa shape index (κ2) is 11.9. The highest BCUT2D eigenvalue weighted by Crippen LogP contribution is 2.41. The van der Waals surface area contributed by atoms with E-state index in [0.29, 0.717) is 38.4 Å². The lowest BCUT2D eigenvalue weighted by atomic mass is 10.1. The largest absolute Gasteiger partial charge is 0.493 e. The first-order valence-electron chi connectivity index (χ1n) is 11.6. The molecule has 40 heavy (non-hydrogen) atoms. The molecule has 0 radical (unpaired) electrons. The summed E-state index contributed by atoms with van der Waals surface area (Å²) in [7, 11) is 1.41. The van der Waals surface area contributed by atoms with E-state index in [0.717, 1.165) is 16.7 Å². The predicted molar refractivity (Wildman–Crippen MR) is 153 cm³/mol. The molecular formula is C27H19Cl3N2O7S. The van der Waals surface area contributed by atoms with Crippen LogP contribution >= 0.6 is 46.6 Å². The van der Waals surface area contributed by atoms with E-state index in [-0.39, 0.29) is 41.4 Å². The summed E-state index contributed by atoms with van der Waals surface area (Å²) < 4.78 is 21.7. The Morgan fingerprint density at radius 1 is 1.05 bits per heavy atom.